The number of nitrogens with two attached hydrogens (primary N) is 1. The lowest BCUT2D eigenvalue weighted by Gasteiger charge is -2.27. The molecule has 16 heavy (non-hydrogen) atoms. The van der Waals surface area contributed by atoms with E-state index in [0.717, 1.165) is 18.4 Å². The van der Waals surface area contributed by atoms with Gasteiger partial charge in [-0.2, -0.15) is 0 Å². The van der Waals surface area contributed by atoms with Crippen molar-refractivity contribution in [1.29, 1.82) is 0 Å². The lowest BCUT2D eigenvalue weighted by atomic mass is 9.90. The van der Waals surface area contributed by atoms with Crippen LogP contribution in [0.25, 0.3) is 0 Å². The topological polar surface area (TPSA) is 46.2 Å². The minimum Gasteiger partial charge on any atom is -0.388 e. The summed E-state index contributed by atoms with van der Waals surface area (Å²) < 4.78 is 0. The van der Waals surface area contributed by atoms with Crippen LogP contribution in [0.4, 0.5) is 0 Å². The Kier molecular flexibility index (Phi) is 3.45. The minimum absolute atomic E-state index is 0.249. The number of hydrogen-bond acceptors (Lipinski definition) is 2. The van der Waals surface area contributed by atoms with E-state index in [4.69, 9.17) is 28.9 Å². The third kappa shape index (κ3) is 2.35. The van der Waals surface area contributed by atoms with E-state index in [1.807, 2.05) is 0 Å². The van der Waals surface area contributed by atoms with Gasteiger partial charge in [0, 0.05) is 23.0 Å². The maximum absolute atomic E-state index is 10.4. The second kappa shape index (κ2) is 4.53. The predicted molar refractivity (Wildman–Crippen MR) is 66.9 cm³/mol. The molecular formula is C12H15Cl2NO. The molecule has 0 radical (unpaired) electrons. The molecule has 0 amide bonds. The Bertz CT molecular complexity index is 372. The summed E-state index contributed by atoms with van der Waals surface area (Å²) in [4.78, 5) is 0. The van der Waals surface area contributed by atoms with E-state index in [2.05, 4.69) is 0 Å². The first kappa shape index (κ1) is 12.2. The zero-order valence-corrected chi connectivity index (χ0v) is 10.4. The van der Waals surface area contributed by atoms with Gasteiger partial charge in [0.2, 0.25) is 0 Å². The summed E-state index contributed by atoms with van der Waals surface area (Å²) in [6.07, 6.45) is 2.51. The van der Waals surface area contributed by atoms with Gasteiger partial charge in [0.1, 0.15) is 0 Å². The van der Waals surface area contributed by atoms with Gasteiger partial charge in [0.15, 0.2) is 0 Å². The van der Waals surface area contributed by atoms with E-state index in [9.17, 15) is 5.11 Å². The second-order valence-electron chi connectivity index (χ2n) is 4.46. The smallest absolute Gasteiger partial charge is 0.0838 e. The molecule has 0 saturated heterocycles. The van der Waals surface area contributed by atoms with Crippen molar-refractivity contribution in [2.75, 3.05) is 6.54 Å². The summed E-state index contributed by atoms with van der Waals surface area (Å²) in [5.41, 5.74) is 5.60. The molecule has 1 aliphatic rings. The summed E-state index contributed by atoms with van der Waals surface area (Å²) in [5.74, 6) is 0.296. The Morgan fingerprint density at radius 2 is 1.88 bits per heavy atom. The van der Waals surface area contributed by atoms with E-state index in [0.29, 0.717) is 22.4 Å². The maximum atomic E-state index is 10.4. The van der Waals surface area contributed by atoms with Crippen LogP contribution in [-0.4, -0.2) is 17.3 Å². The second-order valence-corrected chi connectivity index (χ2v) is 5.27. The molecule has 4 heteroatoms. The van der Waals surface area contributed by atoms with Crippen LogP contribution >= 0.6 is 23.2 Å². The molecule has 0 spiro atoms. The molecule has 1 aliphatic carbocycles. The molecule has 1 fully saturated rings. The normalized spacial score (nSPS) is 19.5. The Labute approximate surface area is 105 Å². The quantitative estimate of drug-likeness (QED) is 0.874. The summed E-state index contributed by atoms with van der Waals surface area (Å²) in [7, 11) is 0. The van der Waals surface area contributed by atoms with Gasteiger partial charge in [-0.05, 0) is 36.5 Å². The largest absolute Gasteiger partial charge is 0.388 e. The van der Waals surface area contributed by atoms with Crippen molar-refractivity contribution in [3.63, 3.8) is 0 Å². The number of hydrogen-bond donors (Lipinski definition) is 2. The zero-order chi connectivity index (χ0) is 11.8. The Hall–Kier alpha value is -0.280. The summed E-state index contributed by atoms with van der Waals surface area (Å²) in [6, 6.07) is 5.37. The Morgan fingerprint density at radius 3 is 2.31 bits per heavy atom. The number of rotatable bonds is 4. The molecule has 1 aromatic rings. The third-order valence-corrected chi connectivity index (χ3v) is 3.94. The van der Waals surface area contributed by atoms with Crippen LogP contribution in [0.1, 0.15) is 18.4 Å². The zero-order valence-electron chi connectivity index (χ0n) is 8.92. The first-order chi connectivity index (χ1) is 7.57. The summed E-state index contributed by atoms with van der Waals surface area (Å²) in [6.45, 7) is 0.249. The van der Waals surface area contributed by atoms with Gasteiger partial charge in [-0.15, -0.1) is 0 Å². The van der Waals surface area contributed by atoms with Gasteiger partial charge in [0.25, 0.3) is 0 Å². The molecule has 0 heterocycles. The van der Waals surface area contributed by atoms with E-state index in [1.54, 1.807) is 18.2 Å². The number of aliphatic hydroxyl groups is 1. The van der Waals surface area contributed by atoms with E-state index in [-0.39, 0.29) is 6.54 Å². The predicted octanol–water partition coefficient (Wildman–Crippen LogP) is 2.64. The van der Waals surface area contributed by atoms with Crippen LogP contribution in [-0.2, 0) is 6.42 Å². The van der Waals surface area contributed by atoms with Crippen molar-refractivity contribution in [1.82, 2.24) is 0 Å². The molecule has 2 rings (SSSR count). The number of benzene rings is 1. The Morgan fingerprint density at radius 1 is 1.31 bits per heavy atom. The van der Waals surface area contributed by atoms with Gasteiger partial charge in [-0.3, -0.25) is 0 Å². The highest BCUT2D eigenvalue weighted by Crippen LogP contribution is 2.42. The molecule has 2 nitrogen and oxygen atoms in total. The van der Waals surface area contributed by atoms with Gasteiger partial charge >= 0.3 is 0 Å². The molecule has 1 saturated carbocycles. The fraction of sp³-hybridized carbons (Fsp3) is 0.500. The van der Waals surface area contributed by atoms with Crippen LogP contribution in [0.2, 0.25) is 10.0 Å². The van der Waals surface area contributed by atoms with Gasteiger partial charge in [-0.1, -0.05) is 29.3 Å². The van der Waals surface area contributed by atoms with Crippen LogP contribution in [0.3, 0.4) is 0 Å². The Balaban J connectivity index is 2.25. The SMILES string of the molecule is NCC(O)(Cc1c(Cl)cccc1Cl)C1CC1. The maximum Gasteiger partial charge on any atom is 0.0838 e. The highest BCUT2D eigenvalue weighted by Gasteiger charge is 2.43. The lowest BCUT2D eigenvalue weighted by molar-refractivity contribution is 0.0267. The first-order valence-electron chi connectivity index (χ1n) is 5.42. The molecule has 1 aromatic carbocycles. The summed E-state index contributed by atoms with van der Waals surface area (Å²) in [5, 5.41) is 11.6. The van der Waals surface area contributed by atoms with Crippen LogP contribution in [0, 0.1) is 5.92 Å². The molecule has 0 bridgehead atoms. The van der Waals surface area contributed by atoms with Crippen molar-refractivity contribution >= 4 is 23.2 Å². The van der Waals surface area contributed by atoms with Crippen LogP contribution < -0.4 is 5.73 Å². The average Bonchev–Trinajstić information content (AvgIpc) is 3.07. The average molecular weight is 260 g/mol. The third-order valence-electron chi connectivity index (χ3n) is 3.24. The monoisotopic (exact) mass is 259 g/mol. The van der Waals surface area contributed by atoms with Gasteiger partial charge in [0.05, 0.1) is 5.60 Å². The van der Waals surface area contributed by atoms with Crippen molar-refractivity contribution in [3.05, 3.63) is 33.8 Å². The lowest BCUT2D eigenvalue weighted by Crippen LogP contribution is -2.42. The fourth-order valence-electron chi connectivity index (χ4n) is 2.01. The highest BCUT2D eigenvalue weighted by atomic mass is 35.5. The van der Waals surface area contributed by atoms with Crippen LogP contribution in [0.15, 0.2) is 18.2 Å². The fourth-order valence-corrected chi connectivity index (χ4v) is 2.54. The molecule has 3 N–H and O–H groups in total. The van der Waals surface area contributed by atoms with Crippen molar-refractivity contribution < 1.29 is 5.11 Å². The van der Waals surface area contributed by atoms with Crippen molar-refractivity contribution in [2.45, 2.75) is 24.9 Å². The molecule has 1 unspecified atom stereocenters. The highest BCUT2D eigenvalue weighted by molar-refractivity contribution is 6.36. The van der Waals surface area contributed by atoms with Crippen LogP contribution in [0.5, 0.6) is 0 Å². The number of halogens is 2. The van der Waals surface area contributed by atoms with Gasteiger partial charge in [-0.25, -0.2) is 0 Å². The summed E-state index contributed by atoms with van der Waals surface area (Å²) >= 11 is 12.2. The molecule has 1 atom stereocenters. The van der Waals surface area contributed by atoms with Crippen molar-refractivity contribution in [2.24, 2.45) is 11.7 Å². The minimum atomic E-state index is -0.853. The van der Waals surface area contributed by atoms with E-state index < -0.39 is 5.60 Å². The van der Waals surface area contributed by atoms with Crippen molar-refractivity contribution in [3.8, 4) is 0 Å². The van der Waals surface area contributed by atoms with E-state index >= 15 is 0 Å². The van der Waals surface area contributed by atoms with Gasteiger partial charge < -0.3 is 10.8 Å². The molecule has 0 aromatic heterocycles. The molecular weight excluding hydrogens is 245 g/mol. The van der Waals surface area contributed by atoms with E-state index in [1.165, 1.54) is 0 Å². The molecule has 88 valence electrons. The standard InChI is InChI=1S/C12H15Cl2NO/c13-10-2-1-3-11(14)9(10)6-12(16,7-15)8-4-5-8/h1-3,8,16H,4-7,15H2. The first-order valence-corrected chi connectivity index (χ1v) is 6.18. The molecule has 0 aliphatic heterocycles.